The van der Waals surface area contributed by atoms with Crippen LogP contribution in [0.2, 0.25) is 0 Å². The predicted octanol–water partition coefficient (Wildman–Crippen LogP) is 4.93. The summed E-state index contributed by atoms with van der Waals surface area (Å²) >= 11 is 0. The van der Waals surface area contributed by atoms with Crippen molar-refractivity contribution in [3.8, 4) is 11.8 Å². The van der Waals surface area contributed by atoms with E-state index in [4.69, 9.17) is 9.84 Å². The summed E-state index contributed by atoms with van der Waals surface area (Å²) in [5, 5.41) is 8.95. The summed E-state index contributed by atoms with van der Waals surface area (Å²) < 4.78 is 6.03. The molecule has 1 N–H and O–H groups in total. The van der Waals surface area contributed by atoms with Crippen molar-refractivity contribution < 1.29 is 14.6 Å². The lowest BCUT2D eigenvalue weighted by Crippen LogP contribution is -2.15. The predicted molar refractivity (Wildman–Crippen MR) is 102 cm³/mol. The zero-order valence-electron chi connectivity index (χ0n) is 15.5. The standard InChI is InChI=1S/C23H24O3/c1-4-26-23(13-14-23)21-12-9-18(15-20(21)16(2)3)6-5-17-7-10-19(11-8-17)22(24)25/h7-12,15-16H,4,13-14H2,1-3H3,(H,24,25). The Morgan fingerprint density at radius 3 is 2.27 bits per heavy atom. The molecule has 26 heavy (non-hydrogen) atoms. The van der Waals surface area contributed by atoms with Crippen LogP contribution in [-0.4, -0.2) is 17.7 Å². The topological polar surface area (TPSA) is 46.5 Å². The van der Waals surface area contributed by atoms with Crippen LogP contribution in [0.5, 0.6) is 0 Å². The van der Waals surface area contributed by atoms with Crippen LogP contribution in [0, 0.1) is 11.8 Å². The molecule has 1 aliphatic carbocycles. The molecule has 3 heteroatoms. The maximum Gasteiger partial charge on any atom is 0.335 e. The number of carbonyl (C=O) groups is 1. The molecule has 0 heterocycles. The third-order valence-corrected chi connectivity index (χ3v) is 4.77. The second-order valence-electron chi connectivity index (χ2n) is 7.02. The van der Waals surface area contributed by atoms with E-state index in [9.17, 15) is 4.79 Å². The number of carboxylic acids is 1. The summed E-state index contributed by atoms with van der Waals surface area (Å²) in [6.45, 7) is 7.17. The Morgan fingerprint density at radius 1 is 1.12 bits per heavy atom. The fourth-order valence-electron chi connectivity index (χ4n) is 3.25. The highest BCUT2D eigenvalue weighted by molar-refractivity contribution is 5.87. The van der Waals surface area contributed by atoms with Crippen molar-refractivity contribution in [1.82, 2.24) is 0 Å². The first-order valence-corrected chi connectivity index (χ1v) is 9.09. The van der Waals surface area contributed by atoms with E-state index in [1.807, 2.05) is 6.92 Å². The molecule has 0 aliphatic heterocycles. The van der Waals surface area contributed by atoms with Gasteiger partial charge in [-0.2, -0.15) is 0 Å². The molecule has 0 unspecified atom stereocenters. The Bertz CT molecular complexity index is 863. The lowest BCUT2D eigenvalue weighted by molar-refractivity contribution is 0.0387. The molecular formula is C23H24O3. The van der Waals surface area contributed by atoms with Crippen LogP contribution in [0.4, 0.5) is 0 Å². The van der Waals surface area contributed by atoms with E-state index in [1.54, 1.807) is 24.3 Å². The smallest absolute Gasteiger partial charge is 0.335 e. The Kier molecular flexibility index (Phi) is 5.15. The van der Waals surface area contributed by atoms with Crippen LogP contribution < -0.4 is 0 Å². The first kappa shape index (κ1) is 18.2. The molecule has 1 fully saturated rings. The van der Waals surface area contributed by atoms with Gasteiger partial charge in [0.05, 0.1) is 11.2 Å². The van der Waals surface area contributed by atoms with Crippen LogP contribution in [0.3, 0.4) is 0 Å². The van der Waals surface area contributed by atoms with Gasteiger partial charge in [-0.1, -0.05) is 31.8 Å². The maximum absolute atomic E-state index is 10.9. The largest absolute Gasteiger partial charge is 0.478 e. The number of carboxylic acid groups (broad SMARTS) is 1. The molecule has 2 aromatic rings. The Morgan fingerprint density at radius 2 is 1.73 bits per heavy atom. The molecule has 2 aromatic carbocycles. The second kappa shape index (κ2) is 7.35. The number of hydrogen-bond acceptors (Lipinski definition) is 2. The van der Waals surface area contributed by atoms with E-state index < -0.39 is 5.97 Å². The molecule has 0 amide bonds. The highest BCUT2D eigenvalue weighted by atomic mass is 16.5. The highest BCUT2D eigenvalue weighted by Crippen LogP contribution is 2.51. The van der Waals surface area contributed by atoms with E-state index in [0.717, 1.165) is 30.6 Å². The SMILES string of the molecule is CCOC1(c2ccc(C#Cc3ccc(C(=O)O)cc3)cc2C(C)C)CC1. The summed E-state index contributed by atoms with van der Waals surface area (Å²) in [5.74, 6) is 5.79. The minimum absolute atomic E-state index is 0.0903. The molecule has 3 rings (SSSR count). The summed E-state index contributed by atoms with van der Waals surface area (Å²) in [6, 6.07) is 13.0. The van der Waals surface area contributed by atoms with Gasteiger partial charge in [-0.25, -0.2) is 4.79 Å². The van der Waals surface area contributed by atoms with E-state index >= 15 is 0 Å². The minimum Gasteiger partial charge on any atom is -0.478 e. The van der Waals surface area contributed by atoms with Gasteiger partial charge in [0.15, 0.2) is 0 Å². The van der Waals surface area contributed by atoms with Crippen LogP contribution in [0.15, 0.2) is 42.5 Å². The second-order valence-corrected chi connectivity index (χ2v) is 7.02. The van der Waals surface area contributed by atoms with Gasteiger partial charge in [-0.3, -0.25) is 0 Å². The molecule has 0 atom stereocenters. The number of hydrogen-bond donors (Lipinski definition) is 1. The van der Waals surface area contributed by atoms with Crippen LogP contribution in [0.1, 0.15) is 72.1 Å². The zero-order valence-corrected chi connectivity index (χ0v) is 15.5. The number of aromatic carboxylic acids is 1. The summed E-state index contributed by atoms with van der Waals surface area (Å²) in [6.07, 6.45) is 2.17. The van der Waals surface area contributed by atoms with Crippen molar-refractivity contribution in [3.63, 3.8) is 0 Å². The molecule has 0 aromatic heterocycles. The summed E-state index contributed by atoms with van der Waals surface area (Å²) in [7, 11) is 0. The molecule has 0 bridgehead atoms. The van der Waals surface area contributed by atoms with Crippen molar-refractivity contribution >= 4 is 5.97 Å². The van der Waals surface area contributed by atoms with Gasteiger partial charge >= 0.3 is 5.97 Å². The van der Waals surface area contributed by atoms with Gasteiger partial charge < -0.3 is 9.84 Å². The van der Waals surface area contributed by atoms with E-state index in [1.165, 1.54) is 11.1 Å². The van der Waals surface area contributed by atoms with E-state index in [0.29, 0.717) is 5.92 Å². The third-order valence-electron chi connectivity index (χ3n) is 4.77. The molecule has 0 spiro atoms. The van der Waals surface area contributed by atoms with Gasteiger partial charge in [0, 0.05) is 17.7 Å². The zero-order chi connectivity index (χ0) is 18.7. The number of ether oxygens (including phenoxy) is 1. The lowest BCUT2D eigenvalue weighted by Gasteiger charge is -2.22. The monoisotopic (exact) mass is 348 g/mol. The minimum atomic E-state index is -0.926. The van der Waals surface area contributed by atoms with Crippen molar-refractivity contribution in [2.75, 3.05) is 6.61 Å². The average molecular weight is 348 g/mol. The molecular weight excluding hydrogens is 324 g/mol. The normalized spacial score (nSPS) is 14.6. The first-order valence-electron chi connectivity index (χ1n) is 9.09. The molecule has 1 aliphatic rings. The van der Waals surface area contributed by atoms with Gasteiger partial charge in [-0.05, 0) is 73.2 Å². The van der Waals surface area contributed by atoms with Gasteiger partial charge in [0.1, 0.15) is 0 Å². The highest BCUT2D eigenvalue weighted by Gasteiger charge is 2.46. The fourth-order valence-corrected chi connectivity index (χ4v) is 3.25. The molecule has 3 nitrogen and oxygen atoms in total. The lowest BCUT2D eigenvalue weighted by atomic mass is 9.91. The molecule has 0 saturated heterocycles. The summed E-state index contributed by atoms with van der Waals surface area (Å²) in [5.41, 5.74) is 4.54. The van der Waals surface area contributed by atoms with Gasteiger partial charge in [-0.15, -0.1) is 0 Å². The first-order chi connectivity index (χ1) is 12.4. The maximum atomic E-state index is 10.9. The Balaban J connectivity index is 1.88. The summed E-state index contributed by atoms with van der Waals surface area (Å²) in [4.78, 5) is 10.9. The van der Waals surface area contributed by atoms with E-state index in [-0.39, 0.29) is 11.2 Å². The van der Waals surface area contributed by atoms with Crippen molar-refractivity contribution in [2.45, 2.75) is 45.1 Å². The fraction of sp³-hybridized carbons (Fsp3) is 0.348. The van der Waals surface area contributed by atoms with Gasteiger partial charge in [0.25, 0.3) is 0 Å². The molecule has 1 saturated carbocycles. The number of rotatable bonds is 5. The van der Waals surface area contributed by atoms with Crippen LogP contribution >= 0.6 is 0 Å². The molecule has 134 valence electrons. The average Bonchev–Trinajstić information content (AvgIpc) is 3.41. The molecule has 0 radical (unpaired) electrons. The quantitative estimate of drug-likeness (QED) is 0.779. The van der Waals surface area contributed by atoms with Crippen molar-refractivity contribution in [2.24, 2.45) is 0 Å². The van der Waals surface area contributed by atoms with Gasteiger partial charge in [0.2, 0.25) is 0 Å². The Labute approximate surface area is 155 Å². The van der Waals surface area contributed by atoms with Crippen LogP contribution in [0.25, 0.3) is 0 Å². The van der Waals surface area contributed by atoms with Crippen LogP contribution in [-0.2, 0) is 10.3 Å². The van der Waals surface area contributed by atoms with Crippen molar-refractivity contribution in [1.29, 1.82) is 0 Å². The Hall–Kier alpha value is -2.57. The third kappa shape index (κ3) is 3.81. The number of benzene rings is 2. The van der Waals surface area contributed by atoms with E-state index in [2.05, 4.69) is 43.9 Å². The van der Waals surface area contributed by atoms with Crippen molar-refractivity contribution in [3.05, 3.63) is 70.3 Å².